The number of carbonyl (C=O) groups is 1. The van der Waals surface area contributed by atoms with E-state index >= 15 is 0 Å². The summed E-state index contributed by atoms with van der Waals surface area (Å²) in [6.07, 6.45) is 7.01. The number of β-amino-alcohol motifs (C(OH)–C–C–N with tert-alkyl or cyclic N) is 1. The van der Waals surface area contributed by atoms with Crippen LogP contribution in [0.15, 0.2) is 90.0 Å². The molecule has 1 aromatic heterocycles. The Labute approximate surface area is 272 Å². The molecule has 9 nitrogen and oxygen atoms in total. The monoisotopic (exact) mass is 646 g/mol. The van der Waals surface area contributed by atoms with E-state index in [0.717, 1.165) is 43.5 Å². The fourth-order valence-corrected chi connectivity index (χ4v) is 6.91. The second kappa shape index (κ2) is 15.3. The van der Waals surface area contributed by atoms with Gasteiger partial charge in [0.25, 0.3) is 10.0 Å². The lowest BCUT2D eigenvalue weighted by Gasteiger charge is -2.28. The van der Waals surface area contributed by atoms with Gasteiger partial charge in [-0.3, -0.25) is 9.62 Å². The summed E-state index contributed by atoms with van der Waals surface area (Å²) < 4.78 is 35.8. The highest BCUT2D eigenvalue weighted by Gasteiger charge is 2.21. The highest BCUT2D eigenvalue weighted by Crippen LogP contribution is 2.23. The quantitative estimate of drug-likeness (QED) is 0.145. The van der Waals surface area contributed by atoms with Gasteiger partial charge in [-0.1, -0.05) is 43.2 Å². The second-order valence-electron chi connectivity index (χ2n) is 12.7. The molecule has 3 N–H and O–H groups in total. The van der Waals surface area contributed by atoms with Crippen molar-refractivity contribution in [2.45, 2.75) is 69.0 Å². The maximum absolute atomic E-state index is 12.7. The third-order valence-corrected chi connectivity index (χ3v) is 10.1. The summed E-state index contributed by atoms with van der Waals surface area (Å²) in [6, 6.07) is 22.8. The standard InChI is InChI=1S/C36H46N4O5S/c1-36(2,37-27-34(41)29-11-10-12-31(26-29)38-46(43,44)32-13-6-5-7-14-32)18-22-40-21-17-28-25-30(15-16-33(28)40)35(42)45-24-23-39-19-8-3-4-9-20-39/h5-7,10-17,21,25-26,34,37-38,41H,3-4,8-9,18-20,22-24,27H2,1-2H3/t34-/m0/s1. The van der Waals surface area contributed by atoms with E-state index in [2.05, 4.69) is 33.4 Å². The fraction of sp³-hybridized carbons (Fsp3) is 0.417. The molecule has 0 bridgehead atoms. The Balaban J connectivity index is 1.11. The van der Waals surface area contributed by atoms with Crippen molar-refractivity contribution in [3.05, 3.63) is 96.2 Å². The zero-order valence-corrected chi connectivity index (χ0v) is 27.6. The van der Waals surface area contributed by atoms with Crippen molar-refractivity contribution >= 4 is 32.6 Å². The van der Waals surface area contributed by atoms with Crippen molar-refractivity contribution in [1.82, 2.24) is 14.8 Å². The number of rotatable bonds is 14. The highest BCUT2D eigenvalue weighted by molar-refractivity contribution is 7.92. The van der Waals surface area contributed by atoms with E-state index < -0.39 is 16.1 Å². The molecular weight excluding hydrogens is 600 g/mol. The Hall–Kier alpha value is -3.70. The van der Waals surface area contributed by atoms with E-state index in [1.54, 1.807) is 42.5 Å². The van der Waals surface area contributed by atoms with Gasteiger partial charge in [-0.2, -0.15) is 0 Å². The van der Waals surface area contributed by atoms with Crippen LogP contribution in [0, 0.1) is 0 Å². The number of aliphatic hydroxyl groups excluding tert-OH is 1. The van der Waals surface area contributed by atoms with Gasteiger partial charge in [-0.25, -0.2) is 13.2 Å². The number of aromatic nitrogens is 1. The molecule has 0 saturated carbocycles. The van der Waals surface area contributed by atoms with E-state index in [1.165, 1.54) is 37.8 Å². The van der Waals surface area contributed by atoms with Gasteiger partial charge in [-0.05, 0) is 100 Å². The van der Waals surface area contributed by atoms with E-state index in [0.29, 0.717) is 30.0 Å². The van der Waals surface area contributed by atoms with Gasteiger partial charge in [0.05, 0.1) is 16.6 Å². The van der Waals surface area contributed by atoms with Crippen LogP contribution in [-0.2, 0) is 21.3 Å². The van der Waals surface area contributed by atoms with Crippen molar-refractivity contribution in [2.75, 3.05) is 37.5 Å². The van der Waals surface area contributed by atoms with Crippen LogP contribution in [0.4, 0.5) is 5.69 Å². The topological polar surface area (TPSA) is 113 Å². The van der Waals surface area contributed by atoms with Crippen molar-refractivity contribution in [3.63, 3.8) is 0 Å². The highest BCUT2D eigenvalue weighted by atomic mass is 32.2. The third-order valence-electron chi connectivity index (χ3n) is 8.67. The third kappa shape index (κ3) is 9.19. The first kappa shape index (κ1) is 33.7. The number of esters is 1. The molecule has 10 heteroatoms. The molecule has 46 heavy (non-hydrogen) atoms. The molecule has 1 fully saturated rings. The van der Waals surface area contributed by atoms with Gasteiger partial charge in [0.1, 0.15) is 6.61 Å². The smallest absolute Gasteiger partial charge is 0.338 e. The van der Waals surface area contributed by atoms with Crippen LogP contribution in [0.2, 0.25) is 0 Å². The van der Waals surface area contributed by atoms with E-state index in [9.17, 15) is 18.3 Å². The molecule has 1 atom stereocenters. The Morgan fingerprint density at radius 3 is 2.46 bits per heavy atom. The molecule has 1 aliphatic rings. The molecule has 0 radical (unpaired) electrons. The molecule has 0 amide bonds. The lowest BCUT2D eigenvalue weighted by atomic mass is 9.99. The van der Waals surface area contributed by atoms with Gasteiger partial charge < -0.3 is 19.7 Å². The SMILES string of the molecule is CC(C)(CCn1ccc2cc(C(=O)OCCN3CCCCCC3)ccc21)NC[C@H](O)c1cccc(NS(=O)(=O)c2ccccc2)c1. The number of ether oxygens (including phenoxy) is 1. The molecule has 0 aliphatic carbocycles. The number of hydrogen-bond acceptors (Lipinski definition) is 7. The Morgan fingerprint density at radius 2 is 1.70 bits per heavy atom. The molecule has 246 valence electrons. The van der Waals surface area contributed by atoms with Crippen LogP contribution < -0.4 is 10.0 Å². The number of benzene rings is 3. The number of fused-ring (bicyclic) bond motifs is 1. The lowest BCUT2D eigenvalue weighted by molar-refractivity contribution is 0.0463. The van der Waals surface area contributed by atoms with Crippen LogP contribution in [0.1, 0.15) is 68.0 Å². The van der Waals surface area contributed by atoms with Gasteiger partial charge >= 0.3 is 5.97 Å². The predicted molar refractivity (Wildman–Crippen MR) is 182 cm³/mol. The van der Waals surface area contributed by atoms with E-state index in [1.807, 2.05) is 30.5 Å². The molecular formula is C36H46N4O5S. The number of sulfonamides is 1. The van der Waals surface area contributed by atoms with Crippen molar-refractivity contribution in [1.29, 1.82) is 0 Å². The summed E-state index contributed by atoms with van der Waals surface area (Å²) in [4.78, 5) is 15.3. The van der Waals surface area contributed by atoms with Crippen molar-refractivity contribution in [2.24, 2.45) is 0 Å². The van der Waals surface area contributed by atoms with Gasteiger partial charge in [0.2, 0.25) is 0 Å². The number of aliphatic hydroxyl groups is 1. The number of aryl methyl sites for hydroxylation is 1. The maximum atomic E-state index is 12.7. The average molecular weight is 647 g/mol. The summed E-state index contributed by atoms with van der Waals surface area (Å²) in [5.41, 5.74) is 2.33. The van der Waals surface area contributed by atoms with Gasteiger partial charge in [0, 0.05) is 48.0 Å². The van der Waals surface area contributed by atoms with Gasteiger partial charge in [0.15, 0.2) is 0 Å². The fourth-order valence-electron chi connectivity index (χ4n) is 5.83. The predicted octanol–water partition coefficient (Wildman–Crippen LogP) is 5.97. The molecule has 5 rings (SSSR count). The number of nitrogens with one attached hydrogen (secondary N) is 2. The summed E-state index contributed by atoms with van der Waals surface area (Å²) >= 11 is 0. The molecule has 0 unspecified atom stereocenters. The first-order valence-corrected chi connectivity index (χ1v) is 17.7. The summed E-state index contributed by atoms with van der Waals surface area (Å²) in [5, 5.41) is 15.4. The second-order valence-corrected chi connectivity index (χ2v) is 14.4. The summed E-state index contributed by atoms with van der Waals surface area (Å²) in [6.45, 7) is 8.60. The summed E-state index contributed by atoms with van der Waals surface area (Å²) in [7, 11) is -3.73. The van der Waals surface area contributed by atoms with Crippen molar-refractivity contribution in [3.8, 4) is 0 Å². The molecule has 2 heterocycles. The average Bonchev–Trinajstić information content (AvgIpc) is 3.28. The normalized spacial score (nSPS) is 15.4. The minimum absolute atomic E-state index is 0.177. The zero-order valence-electron chi connectivity index (χ0n) is 26.8. The number of nitrogens with zero attached hydrogens (tertiary/aromatic N) is 2. The molecule has 0 spiro atoms. The molecule has 1 saturated heterocycles. The van der Waals surface area contributed by atoms with Crippen LogP contribution >= 0.6 is 0 Å². The minimum Gasteiger partial charge on any atom is -0.461 e. The van der Waals surface area contributed by atoms with Crippen LogP contribution in [0.3, 0.4) is 0 Å². The van der Waals surface area contributed by atoms with E-state index in [4.69, 9.17) is 4.74 Å². The number of carbonyl (C=O) groups excluding carboxylic acids is 1. The van der Waals surface area contributed by atoms with Gasteiger partial charge in [-0.15, -0.1) is 0 Å². The van der Waals surface area contributed by atoms with E-state index in [-0.39, 0.29) is 16.4 Å². The Morgan fingerprint density at radius 1 is 0.935 bits per heavy atom. The minimum atomic E-state index is -3.73. The van der Waals surface area contributed by atoms with Crippen LogP contribution in [0.25, 0.3) is 10.9 Å². The van der Waals surface area contributed by atoms with Crippen LogP contribution in [0.5, 0.6) is 0 Å². The number of anilines is 1. The molecule has 3 aromatic carbocycles. The zero-order chi connectivity index (χ0) is 32.6. The lowest BCUT2D eigenvalue weighted by Crippen LogP contribution is -2.42. The maximum Gasteiger partial charge on any atom is 0.338 e. The Kier molecular flexibility index (Phi) is 11.2. The first-order chi connectivity index (χ1) is 22.1. The largest absolute Gasteiger partial charge is 0.461 e. The van der Waals surface area contributed by atoms with Crippen molar-refractivity contribution < 1.29 is 23.1 Å². The molecule has 4 aromatic rings. The number of hydrogen-bond donors (Lipinski definition) is 3. The van der Waals surface area contributed by atoms with Crippen LogP contribution in [-0.4, -0.2) is 67.3 Å². The molecule has 1 aliphatic heterocycles. The Bertz CT molecular complexity index is 1700. The number of likely N-dealkylation sites (tertiary alicyclic amines) is 1. The summed E-state index contributed by atoms with van der Waals surface area (Å²) in [5.74, 6) is -0.285. The first-order valence-electron chi connectivity index (χ1n) is 16.2.